The molecule has 0 radical (unpaired) electrons. The Kier molecular flexibility index (Phi) is 4.13. The zero-order valence-electron chi connectivity index (χ0n) is 11.5. The summed E-state index contributed by atoms with van der Waals surface area (Å²) in [5, 5.41) is 41.2. The maximum Gasteiger partial charge on any atom is 0.258 e. The zero-order valence-corrected chi connectivity index (χ0v) is 11.5. The summed E-state index contributed by atoms with van der Waals surface area (Å²) in [7, 11) is 0. The summed E-state index contributed by atoms with van der Waals surface area (Å²) in [5.41, 5.74) is 1.19. The summed E-state index contributed by atoms with van der Waals surface area (Å²) in [6, 6.07) is 6.91. The molecule has 0 saturated carbocycles. The Morgan fingerprint density at radius 2 is 1.86 bits per heavy atom. The second-order valence-corrected chi connectivity index (χ2v) is 5.29. The van der Waals surface area contributed by atoms with Crippen LogP contribution < -0.4 is 5.32 Å². The first-order valence-electron chi connectivity index (χ1n) is 6.88. The molecule has 1 aromatic rings. The average Bonchev–Trinajstić information content (AvgIpc) is 2.83. The van der Waals surface area contributed by atoms with Crippen LogP contribution in [0.1, 0.15) is 11.7 Å². The van der Waals surface area contributed by atoms with Gasteiger partial charge in [-0.1, -0.05) is 18.2 Å². The fourth-order valence-electron chi connectivity index (χ4n) is 2.63. The Labute approximate surface area is 125 Å². The van der Waals surface area contributed by atoms with Crippen molar-refractivity contribution in [2.45, 2.75) is 36.8 Å². The van der Waals surface area contributed by atoms with Gasteiger partial charge >= 0.3 is 0 Å². The van der Waals surface area contributed by atoms with Gasteiger partial charge in [-0.05, 0) is 6.07 Å². The predicted molar refractivity (Wildman–Crippen MR) is 72.7 cm³/mol. The molecule has 5 N–H and O–H groups in total. The molecule has 1 amide bonds. The molecule has 3 rings (SSSR count). The maximum absolute atomic E-state index is 12.0. The second-order valence-electron chi connectivity index (χ2n) is 5.29. The zero-order chi connectivity index (χ0) is 15.9. The number of rotatable bonds is 3. The highest BCUT2D eigenvalue weighted by molar-refractivity contribution is 6.01. The number of ether oxygens (including phenoxy) is 2. The molecule has 8 heteroatoms. The SMILES string of the molecule is O=C1Nc2ccccc2C1O[C@@H]1O[C@H](CO)[C@@H](O)[C@H](O)[C@H]1O. The highest BCUT2D eigenvalue weighted by Crippen LogP contribution is 2.35. The fourth-order valence-corrected chi connectivity index (χ4v) is 2.63. The standard InChI is InChI=1S/C14H17NO7/c16-5-8-9(17)10(18)11(19)14(21-8)22-12-6-3-1-2-4-7(6)15-13(12)20/h1-4,8-12,14,16-19H,5H2,(H,15,20)/t8-,9-,10+,11-,12?,14+/m1/s1. The number of benzene rings is 1. The fraction of sp³-hybridized carbons (Fsp3) is 0.500. The van der Waals surface area contributed by atoms with Gasteiger partial charge in [0.2, 0.25) is 0 Å². The van der Waals surface area contributed by atoms with Crippen LogP contribution in [-0.4, -0.2) is 63.6 Å². The summed E-state index contributed by atoms with van der Waals surface area (Å²) in [4.78, 5) is 12.0. The van der Waals surface area contributed by atoms with Crippen molar-refractivity contribution in [1.82, 2.24) is 0 Å². The van der Waals surface area contributed by atoms with E-state index in [1.807, 2.05) is 0 Å². The van der Waals surface area contributed by atoms with Gasteiger partial charge in [0.05, 0.1) is 6.61 Å². The molecule has 1 aromatic carbocycles. The van der Waals surface area contributed by atoms with Crippen LogP contribution in [0.3, 0.4) is 0 Å². The predicted octanol–water partition coefficient (Wildman–Crippen LogP) is -1.50. The molecular weight excluding hydrogens is 294 g/mol. The van der Waals surface area contributed by atoms with Crippen LogP contribution in [0.15, 0.2) is 24.3 Å². The minimum atomic E-state index is -1.55. The van der Waals surface area contributed by atoms with E-state index in [9.17, 15) is 20.1 Å². The molecule has 0 aliphatic carbocycles. The molecule has 22 heavy (non-hydrogen) atoms. The van der Waals surface area contributed by atoms with E-state index in [2.05, 4.69) is 5.32 Å². The number of aliphatic hydroxyl groups is 4. The number of hydrogen-bond acceptors (Lipinski definition) is 7. The minimum absolute atomic E-state index is 0.418. The Hall–Kier alpha value is -1.55. The van der Waals surface area contributed by atoms with Crippen LogP contribution in [0.4, 0.5) is 5.69 Å². The summed E-state index contributed by atoms with van der Waals surface area (Å²) >= 11 is 0. The number of carbonyl (C=O) groups is 1. The Morgan fingerprint density at radius 3 is 2.59 bits per heavy atom. The molecule has 0 spiro atoms. The van der Waals surface area contributed by atoms with Crippen molar-refractivity contribution in [2.75, 3.05) is 11.9 Å². The third kappa shape index (κ3) is 2.50. The lowest BCUT2D eigenvalue weighted by molar-refractivity contribution is -0.308. The van der Waals surface area contributed by atoms with Gasteiger partial charge in [0.25, 0.3) is 5.91 Å². The highest BCUT2D eigenvalue weighted by Gasteiger charge is 2.46. The van der Waals surface area contributed by atoms with Gasteiger partial charge in [-0.2, -0.15) is 0 Å². The first kappa shape index (κ1) is 15.3. The van der Waals surface area contributed by atoms with E-state index in [1.54, 1.807) is 24.3 Å². The Balaban J connectivity index is 1.79. The van der Waals surface area contributed by atoms with E-state index in [0.29, 0.717) is 11.3 Å². The average molecular weight is 311 g/mol. The maximum atomic E-state index is 12.0. The van der Waals surface area contributed by atoms with Crippen molar-refractivity contribution in [2.24, 2.45) is 0 Å². The Bertz CT molecular complexity index is 564. The monoisotopic (exact) mass is 311 g/mol. The Morgan fingerprint density at radius 1 is 1.14 bits per heavy atom. The van der Waals surface area contributed by atoms with Crippen molar-refractivity contribution in [3.63, 3.8) is 0 Å². The molecule has 0 bridgehead atoms. The van der Waals surface area contributed by atoms with Gasteiger partial charge in [-0.25, -0.2) is 0 Å². The topological polar surface area (TPSA) is 128 Å². The van der Waals surface area contributed by atoms with Crippen molar-refractivity contribution in [3.8, 4) is 0 Å². The minimum Gasteiger partial charge on any atom is -0.394 e. The van der Waals surface area contributed by atoms with E-state index in [1.165, 1.54) is 0 Å². The molecule has 0 aromatic heterocycles. The summed E-state index contributed by atoms with van der Waals surface area (Å²) in [5.74, 6) is -0.418. The molecule has 8 nitrogen and oxygen atoms in total. The number of aliphatic hydroxyl groups excluding tert-OH is 4. The third-order valence-electron chi connectivity index (χ3n) is 3.86. The number of carbonyl (C=O) groups excluding carboxylic acids is 1. The molecule has 2 heterocycles. The highest BCUT2D eigenvalue weighted by atomic mass is 16.7. The van der Waals surface area contributed by atoms with Gasteiger partial charge in [0.1, 0.15) is 24.4 Å². The summed E-state index contributed by atoms with van der Waals surface area (Å²) < 4.78 is 10.7. The summed E-state index contributed by atoms with van der Waals surface area (Å²) in [6.45, 7) is -0.557. The lowest BCUT2D eigenvalue weighted by Gasteiger charge is -2.40. The quantitative estimate of drug-likeness (QED) is 0.459. The van der Waals surface area contributed by atoms with E-state index >= 15 is 0 Å². The van der Waals surface area contributed by atoms with Crippen molar-refractivity contribution in [1.29, 1.82) is 0 Å². The van der Waals surface area contributed by atoms with E-state index in [4.69, 9.17) is 14.6 Å². The molecule has 2 aliphatic heterocycles. The molecular formula is C14H17NO7. The molecule has 1 fully saturated rings. The van der Waals surface area contributed by atoms with Gasteiger partial charge < -0.3 is 35.2 Å². The lowest BCUT2D eigenvalue weighted by atomic mass is 9.99. The second kappa shape index (κ2) is 5.92. The molecule has 6 atom stereocenters. The van der Waals surface area contributed by atoms with Crippen LogP contribution in [0.2, 0.25) is 0 Å². The molecule has 1 unspecified atom stereocenters. The molecule has 120 valence electrons. The number of nitrogens with one attached hydrogen (secondary N) is 1. The lowest BCUT2D eigenvalue weighted by Crippen LogP contribution is -2.59. The number of amides is 1. The van der Waals surface area contributed by atoms with Crippen LogP contribution in [0.25, 0.3) is 0 Å². The van der Waals surface area contributed by atoms with Gasteiger partial charge in [0.15, 0.2) is 12.4 Å². The number of hydrogen-bond donors (Lipinski definition) is 5. The normalized spacial score (nSPS) is 37.7. The third-order valence-corrected chi connectivity index (χ3v) is 3.86. The largest absolute Gasteiger partial charge is 0.394 e. The smallest absolute Gasteiger partial charge is 0.258 e. The number of anilines is 1. The van der Waals surface area contributed by atoms with E-state index < -0.39 is 49.3 Å². The molecule has 2 aliphatic rings. The van der Waals surface area contributed by atoms with E-state index in [0.717, 1.165) is 0 Å². The van der Waals surface area contributed by atoms with Crippen LogP contribution >= 0.6 is 0 Å². The van der Waals surface area contributed by atoms with Crippen molar-refractivity contribution >= 4 is 11.6 Å². The number of fused-ring (bicyclic) bond motifs is 1. The van der Waals surface area contributed by atoms with Crippen molar-refractivity contribution in [3.05, 3.63) is 29.8 Å². The van der Waals surface area contributed by atoms with Crippen molar-refractivity contribution < 1.29 is 34.7 Å². The first-order chi connectivity index (χ1) is 10.5. The van der Waals surface area contributed by atoms with E-state index in [-0.39, 0.29) is 0 Å². The van der Waals surface area contributed by atoms with Gasteiger partial charge in [-0.15, -0.1) is 0 Å². The first-order valence-corrected chi connectivity index (χ1v) is 6.88. The summed E-state index contributed by atoms with van der Waals surface area (Å²) in [6.07, 6.45) is -7.99. The molecule has 1 saturated heterocycles. The van der Waals surface area contributed by atoms with Gasteiger partial charge in [0, 0.05) is 11.3 Å². The van der Waals surface area contributed by atoms with Crippen LogP contribution in [0.5, 0.6) is 0 Å². The van der Waals surface area contributed by atoms with Gasteiger partial charge in [-0.3, -0.25) is 4.79 Å². The number of para-hydroxylation sites is 1. The van der Waals surface area contributed by atoms with Crippen LogP contribution in [0, 0.1) is 0 Å². The van der Waals surface area contributed by atoms with Crippen LogP contribution in [-0.2, 0) is 14.3 Å².